The van der Waals surface area contributed by atoms with Gasteiger partial charge in [-0.25, -0.2) is 0 Å². The smallest absolute Gasteiger partial charge is 0.136 e. The second-order valence-electron chi connectivity index (χ2n) is 2.19. The number of hydrogen-bond donors (Lipinski definition) is 1. The van der Waals surface area contributed by atoms with E-state index in [0.29, 0.717) is 0 Å². The maximum atomic E-state index is 10.1. The molecule has 1 atom stereocenters. The molecule has 1 N–H and O–H groups in total. The summed E-state index contributed by atoms with van der Waals surface area (Å²) in [5, 5.41) is 3.10. The SMILES string of the molecule is Cl.Cl.O=C[C@H]1CCCCN1. The van der Waals surface area contributed by atoms with Crippen LogP contribution in [0.25, 0.3) is 0 Å². The van der Waals surface area contributed by atoms with Crippen LogP contribution in [-0.4, -0.2) is 18.9 Å². The highest BCUT2D eigenvalue weighted by atomic mass is 35.5. The van der Waals surface area contributed by atoms with Gasteiger partial charge in [-0.1, -0.05) is 6.42 Å². The van der Waals surface area contributed by atoms with Crippen molar-refractivity contribution in [3.63, 3.8) is 0 Å². The average Bonchev–Trinajstić information content (AvgIpc) is 1.90. The summed E-state index contributed by atoms with van der Waals surface area (Å²) >= 11 is 0. The van der Waals surface area contributed by atoms with E-state index >= 15 is 0 Å². The molecular formula is C6H13Cl2NO. The molecule has 1 aliphatic rings. The first-order valence-electron chi connectivity index (χ1n) is 3.12. The number of piperidine rings is 1. The fraction of sp³-hybridized carbons (Fsp3) is 0.833. The fourth-order valence-corrected chi connectivity index (χ4v) is 0.995. The predicted molar refractivity (Wildman–Crippen MR) is 46.2 cm³/mol. The van der Waals surface area contributed by atoms with E-state index < -0.39 is 0 Å². The number of nitrogens with one attached hydrogen (secondary N) is 1. The Kier molecular flexibility index (Phi) is 9.40. The van der Waals surface area contributed by atoms with E-state index in [1.165, 1.54) is 12.8 Å². The Bertz CT molecular complexity index is 83.8. The van der Waals surface area contributed by atoms with Crippen molar-refractivity contribution >= 4 is 31.1 Å². The van der Waals surface area contributed by atoms with Crippen LogP contribution in [0.4, 0.5) is 0 Å². The van der Waals surface area contributed by atoms with Crippen LogP contribution >= 0.6 is 24.8 Å². The molecular weight excluding hydrogens is 173 g/mol. The van der Waals surface area contributed by atoms with Gasteiger partial charge in [0.15, 0.2) is 0 Å². The molecule has 2 nitrogen and oxygen atoms in total. The van der Waals surface area contributed by atoms with Gasteiger partial charge in [-0.3, -0.25) is 0 Å². The molecule has 62 valence electrons. The van der Waals surface area contributed by atoms with E-state index in [4.69, 9.17) is 0 Å². The Morgan fingerprint density at radius 3 is 2.30 bits per heavy atom. The molecule has 0 saturated carbocycles. The maximum Gasteiger partial charge on any atom is 0.136 e. The summed E-state index contributed by atoms with van der Waals surface area (Å²) in [6.45, 7) is 1.02. The van der Waals surface area contributed by atoms with Crippen molar-refractivity contribution < 1.29 is 4.79 Å². The second-order valence-corrected chi connectivity index (χ2v) is 2.19. The molecule has 0 bridgehead atoms. The van der Waals surface area contributed by atoms with Crippen LogP contribution in [0, 0.1) is 0 Å². The third-order valence-electron chi connectivity index (χ3n) is 1.51. The third kappa shape index (κ3) is 4.09. The van der Waals surface area contributed by atoms with E-state index in [1.807, 2.05) is 0 Å². The molecule has 0 amide bonds. The number of hydrogen-bond acceptors (Lipinski definition) is 2. The van der Waals surface area contributed by atoms with E-state index in [9.17, 15) is 4.79 Å². The Balaban J connectivity index is 0. The van der Waals surface area contributed by atoms with Crippen molar-refractivity contribution in [1.29, 1.82) is 0 Å². The van der Waals surface area contributed by atoms with Crippen molar-refractivity contribution in [3.05, 3.63) is 0 Å². The Hall–Kier alpha value is 0.210. The molecule has 0 spiro atoms. The van der Waals surface area contributed by atoms with Crippen molar-refractivity contribution in [1.82, 2.24) is 5.32 Å². The van der Waals surface area contributed by atoms with E-state index in [2.05, 4.69) is 5.32 Å². The summed E-state index contributed by atoms with van der Waals surface area (Å²) < 4.78 is 0. The molecule has 0 aromatic carbocycles. The minimum Gasteiger partial charge on any atom is -0.308 e. The predicted octanol–water partition coefficient (Wildman–Crippen LogP) is 1.17. The van der Waals surface area contributed by atoms with E-state index in [-0.39, 0.29) is 30.9 Å². The molecule has 0 aromatic heterocycles. The lowest BCUT2D eigenvalue weighted by Crippen LogP contribution is -2.34. The topological polar surface area (TPSA) is 29.1 Å². The lowest BCUT2D eigenvalue weighted by atomic mass is 10.1. The summed E-state index contributed by atoms with van der Waals surface area (Å²) in [5.74, 6) is 0. The number of carbonyl (C=O) groups excluding carboxylic acids is 1. The van der Waals surface area contributed by atoms with Crippen molar-refractivity contribution in [2.24, 2.45) is 0 Å². The normalized spacial score (nSPS) is 23.8. The van der Waals surface area contributed by atoms with Gasteiger partial charge in [-0.2, -0.15) is 0 Å². The van der Waals surface area contributed by atoms with Crippen LogP contribution in [-0.2, 0) is 4.79 Å². The van der Waals surface area contributed by atoms with Gasteiger partial charge in [0.2, 0.25) is 0 Å². The van der Waals surface area contributed by atoms with Gasteiger partial charge < -0.3 is 10.1 Å². The number of aldehydes is 1. The Labute approximate surface area is 73.6 Å². The van der Waals surface area contributed by atoms with Gasteiger partial charge in [-0.15, -0.1) is 24.8 Å². The minimum absolute atomic E-state index is 0. The second kappa shape index (κ2) is 7.32. The van der Waals surface area contributed by atoms with Crippen molar-refractivity contribution in [2.45, 2.75) is 25.3 Å². The molecule has 1 heterocycles. The summed E-state index contributed by atoms with van der Waals surface area (Å²) in [7, 11) is 0. The van der Waals surface area contributed by atoms with Crippen molar-refractivity contribution in [3.8, 4) is 0 Å². The highest BCUT2D eigenvalue weighted by molar-refractivity contribution is 5.85. The number of rotatable bonds is 1. The Morgan fingerprint density at radius 1 is 1.30 bits per heavy atom. The molecule has 0 unspecified atom stereocenters. The summed E-state index contributed by atoms with van der Waals surface area (Å²) in [4.78, 5) is 10.1. The summed E-state index contributed by atoms with van der Waals surface area (Å²) in [6.07, 6.45) is 4.46. The molecule has 0 radical (unpaired) electrons. The van der Waals surface area contributed by atoms with Gasteiger partial charge in [0.05, 0.1) is 6.04 Å². The Morgan fingerprint density at radius 2 is 2.00 bits per heavy atom. The molecule has 4 heteroatoms. The lowest BCUT2D eigenvalue weighted by molar-refractivity contribution is -0.110. The van der Waals surface area contributed by atoms with Crippen molar-refractivity contribution in [2.75, 3.05) is 6.54 Å². The molecule has 1 rings (SSSR count). The van der Waals surface area contributed by atoms with Gasteiger partial charge in [0, 0.05) is 0 Å². The van der Waals surface area contributed by atoms with Crippen LogP contribution < -0.4 is 5.32 Å². The van der Waals surface area contributed by atoms with E-state index in [1.54, 1.807) is 0 Å². The van der Waals surface area contributed by atoms with Crippen LogP contribution in [0.3, 0.4) is 0 Å². The molecule has 1 aliphatic heterocycles. The third-order valence-corrected chi connectivity index (χ3v) is 1.51. The summed E-state index contributed by atoms with van der Waals surface area (Å²) in [5.41, 5.74) is 0. The minimum atomic E-state index is 0. The zero-order valence-corrected chi connectivity index (χ0v) is 7.34. The van der Waals surface area contributed by atoms with Gasteiger partial charge in [0.1, 0.15) is 6.29 Å². The van der Waals surface area contributed by atoms with Gasteiger partial charge in [-0.05, 0) is 19.4 Å². The zero-order valence-electron chi connectivity index (χ0n) is 5.71. The fourth-order valence-electron chi connectivity index (χ4n) is 0.995. The number of halogens is 2. The first-order valence-corrected chi connectivity index (χ1v) is 3.12. The lowest BCUT2D eigenvalue weighted by Gasteiger charge is -2.17. The van der Waals surface area contributed by atoms with Crippen LogP contribution in [0.1, 0.15) is 19.3 Å². The average molecular weight is 186 g/mol. The first kappa shape index (κ1) is 12.8. The molecule has 0 aliphatic carbocycles. The summed E-state index contributed by atoms with van der Waals surface area (Å²) in [6, 6.07) is 0.156. The maximum absolute atomic E-state index is 10.1. The molecule has 0 aromatic rings. The largest absolute Gasteiger partial charge is 0.308 e. The zero-order chi connectivity index (χ0) is 5.82. The van der Waals surface area contributed by atoms with Gasteiger partial charge >= 0.3 is 0 Å². The quantitative estimate of drug-likeness (QED) is 0.623. The highest BCUT2D eigenvalue weighted by Gasteiger charge is 2.09. The number of carbonyl (C=O) groups is 1. The first-order chi connectivity index (χ1) is 3.93. The monoisotopic (exact) mass is 185 g/mol. The van der Waals surface area contributed by atoms with E-state index in [0.717, 1.165) is 19.3 Å². The molecule has 1 fully saturated rings. The standard InChI is InChI=1S/C6H11NO.2ClH/c8-5-6-3-1-2-4-7-6;;/h5-7H,1-4H2;2*1H/t6-;;/m1../s1. The van der Waals surface area contributed by atoms with Gasteiger partial charge in [0.25, 0.3) is 0 Å². The molecule has 1 saturated heterocycles. The van der Waals surface area contributed by atoms with Crippen LogP contribution in [0.5, 0.6) is 0 Å². The van der Waals surface area contributed by atoms with Crippen LogP contribution in [0.2, 0.25) is 0 Å². The molecule has 10 heavy (non-hydrogen) atoms. The van der Waals surface area contributed by atoms with Crippen LogP contribution in [0.15, 0.2) is 0 Å². The highest BCUT2D eigenvalue weighted by Crippen LogP contribution is 2.03.